The second kappa shape index (κ2) is 9.58. The van der Waals surface area contributed by atoms with Gasteiger partial charge in [0.15, 0.2) is 4.34 Å². The van der Waals surface area contributed by atoms with E-state index in [0.717, 1.165) is 5.56 Å². The highest BCUT2D eigenvalue weighted by molar-refractivity contribution is 8.00. The van der Waals surface area contributed by atoms with Gasteiger partial charge in [-0.3, -0.25) is 19.5 Å². The first kappa shape index (κ1) is 22.0. The van der Waals surface area contributed by atoms with Crippen molar-refractivity contribution in [2.45, 2.75) is 16.1 Å². The lowest BCUT2D eigenvalue weighted by Gasteiger charge is -2.22. The van der Waals surface area contributed by atoms with Crippen LogP contribution >= 0.6 is 23.1 Å². The molecule has 2 aromatic carbocycles. The van der Waals surface area contributed by atoms with Crippen molar-refractivity contribution in [2.24, 2.45) is 0 Å². The van der Waals surface area contributed by atoms with Gasteiger partial charge in [-0.2, -0.15) is 0 Å². The second-order valence-corrected chi connectivity index (χ2v) is 9.62. The van der Waals surface area contributed by atoms with E-state index in [-0.39, 0.29) is 11.3 Å². The van der Waals surface area contributed by atoms with E-state index in [0.29, 0.717) is 26.4 Å². The molecule has 0 bridgehead atoms. The molecule has 1 amide bonds. The van der Waals surface area contributed by atoms with Crippen LogP contribution in [0, 0.1) is 0 Å². The molecule has 5 rings (SSSR count). The first-order valence-corrected chi connectivity index (χ1v) is 12.2. The second-order valence-electron chi connectivity index (χ2n) is 7.45. The summed E-state index contributed by atoms with van der Waals surface area (Å²) in [6, 6.07) is 21.3. The van der Waals surface area contributed by atoms with Crippen molar-refractivity contribution in [3.05, 3.63) is 107 Å². The van der Waals surface area contributed by atoms with Crippen LogP contribution in [0.25, 0.3) is 5.76 Å². The number of thioether (sulfide) groups is 1. The average Bonchev–Trinajstić information content (AvgIpc) is 3.46. The first-order valence-electron chi connectivity index (χ1n) is 10.4. The molecule has 168 valence electrons. The zero-order valence-corrected chi connectivity index (χ0v) is 19.4. The van der Waals surface area contributed by atoms with Crippen LogP contribution in [0.4, 0.5) is 5.13 Å². The summed E-state index contributed by atoms with van der Waals surface area (Å²) in [5.74, 6) is -1.07. The van der Waals surface area contributed by atoms with Crippen LogP contribution in [0.2, 0.25) is 0 Å². The van der Waals surface area contributed by atoms with E-state index < -0.39 is 17.7 Å². The normalized spacial score (nSPS) is 17.3. The van der Waals surface area contributed by atoms with E-state index in [2.05, 4.69) is 15.2 Å². The van der Waals surface area contributed by atoms with Crippen molar-refractivity contribution in [2.75, 3.05) is 4.90 Å². The number of aromatic nitrogens is 3. The lowest BCUT2D eigenvalue weighted by atomic mass is 9.96. The number of hydrogen-bond acceptors (Lipinski definition) is 8. The number of carbonyl (C=O) groups is 2. The van der Waals surface area contributed by atoms with Gasteiger partial charge in [-0.1, -0.05) is 89.8 Å². The summed E-state index contributed by atoms with van der Waals surface area (Å²) in [7, 11) is 0. The Hall–Kier alpha value is -3.82. The van der Waals surface area contributed by atoms with Gasteiger partial charge in [0.05, 0.1) is 11.6 Å². The van der Waals surface area contributed by atoms with Crippen LogP contribution in [0.15, 0.2) is 95.1 Å². The average molecular weight is 487 g/mol. The van der Waals surface area contributed by atoms with Crippen LogP contribution in [-0.4, -0.2) is 32.0 Å². The van der Waals surface area contributed by atoms with E-state index in [1.807, 2.05) is 36.4 Å². The third-order valence-corrected chi connectivity index (χ3v) is 7.43. The molecule has 4 aromatic rings. The molecule has 0 spiro atoms. The molecule has 1 unspecified atom stereocenters. The molecule has 9 heteroatoms. The predicted octanol–water partition coefficient (Wildman–Crippen LogP) is 4.85. The van der Waals surface area contributed by atoms with Crippen LogP contribution in [0.1, 0.15) is 22.7 Å². The fourth-order valence-corrected chi connectivity index (χ4v) is 5.54. The summed E-state index contributed by atoms with van der Waals surface area (Å²) < 4.78 is 0.675. The van der Waals surface area contributed by atoms with E-state index in [9.17, 15) is 14.7 Å². The van der Waals surface area contributed by atoms with Gasteiger partial charge >= 0.3 is 5.91 Å². The van der Waals surface area contributed by atoms with Gasteiger partial charge in [0.25, 0.3) is 5.78 Å². The third kappa shape index (κ3) is 4.23. The number of rotatable bonds is 6. The molecule has 34 heavy (non-hydrogen) atoms. The molecule has 0 saturated carbocycles. The molecule has 1 N–H and O–H groups in total. The quantitative estimate of drug-likeness (QED) is 0.137. The summed E-state index contributed by atoms with van der Waals surface area (Å²) in [6.45, 7) is 0. The maximum absolute atomic E-state index is 13.2. The Morgan fingerprint density at radius 1 is 0.971 bits per heavy atom. The largest absolute Gasteiger partial charge is 0.507 e. The van der Waals surface area contributed by atoms with Gasteiger partial charge in [0.1, 0.15) is 5.76 Å². The molecule has 7 nitrogen and oxygen atoms in total. The number of ketones is 1. The van der Waals surface area contributed by atoms with E-state index in [1.54, 1.807) is 48.8 Å². The third-order valence-electron chi connectivity index (χ3n) is 5.30. The maximum atomic E-state index is 13.2. The van der Waals surface area contributed by atoms with Crippen LogP contribution in [-0.2, 0) is 15.3 Å². The summed E-state index contributed by atoms with van der Waals surface area (Å²) >= 11 is 2.74. The Morgan fingerprint density at radius 2 is 1.71 bits per heavy atom. The lowest BCUT2D eigenvalue weighted by molar-refractivity contribution is -0.132. The summed E-state index contributed by atoms with van der Waals surface area (Å²) in [5, 5.41) is 19.8. The van der Waals surface area contributed by atoms with Gasteiger partial charge < -0.3 is 5.11 Å². The summed E-state index contributed by atoms with van der Waals surface area (Å²) in [4.78, 5) is 31.7. The van der Waals surface area contributed by atoms with Gasteiger partial charge in [0, 0.05) is 23.7 Å². The maximum Gasteiger partial charge on any atom is 0.301 e. The van der Waals surface area contributed by atoms with Crippen LogP contribution in [0.5, 0.6) is 0 Å². The van der Waals surface area contributed by atoms with Crippen LogP contribution in [0.3, 0.4) is 0 Å². The Morgan fingerprint density at radius 3 is 2.41 bits per heavy atom. The lowest BCUT2D eigenvalue weighted by Crippen LogP contribution is -2.29. The van der Waals surface area contributed by atoms with E-state index >= 15 is 0 Å². The smallest absolute Gasteiger partial charge is 0.301 e. The van der Waals surface area contributed by atoms with Crippen molar-refractivity contribution in [3.63, 3.8) is 0 Å². The van der Waals surface area contributed by atoms with Crippen molar-refractivity contribution >= 4 is 45.7 Å². The van der Waals surface area contributed by atoms with Gasteiger partial charge in [-0.15, -0.1) is 10.2 Å². The number of hydrogen-bond donors (Lipinski definition) is 1. The minimum atomic E-state index is -0.867. The molecule has 1 saturated heterocycles. The molecule has 0 aliphatic carbocycles. The zero-order chi connectivity index (χ0) is 23.5. The Kier molecular flexibility index (Phi) is 6.20. The molecular weight excluding hydrogens is 468 g/mol. The number of nitrogens with zero attached hydrogens (tertiary/aromatic N) is 4. The monoisotopic (exact) mass is 486 g/mol. The Balaban J connectivity index is 1.53. The number of aliphatic hydroxyl groups is 1. The summed E-state index contributed by atoms with van der Waals surface area (Å²) in [6.07, 6.45) is 3.18. The number of Topliss-reactive ketones (excluding diaryl/α,β-unsaturated/α-hetero) is 1. The molecule has 1 aliphatic heterocycles. The molecule has 3 heterocycles. The predicted molar refractivity (Wildman–Crippen MR) is 131 cm³/mol. The molecule has 1 fully saturated rings. The highest BCUT2D eigenvalue weighted by Gasteiger charge is 2.48. The van der Waals surface area contributed by atoms with Crippen LogP contribution < -0.4 is 4.90 Å². The topological polar surface area (TPSA) is 96.3 Å². The zero-order valence-electron chi connectivity index (χ0n) is 17.7. The Bertz CT molecular complexity index is 1360. The van der Waals surface area contributed by atoms with Crippen molar-refractivity contribution in [1.29, 1.82) is 0 Å². The standard InChI is InChI=1S/C25H18N4O3S2/c30-21(17-10-5-2-6-11-17)19-20(18-12-7-13-26-14-18)29(23(32)22(19)31)24-27-28-25(34-24)33-15-16-8-3-1-4-9-16/h1-14,20,30H,15H2/b21-19-. The summed E-state index contributed by atoms with van der Waals surface area (Å²) in [5.41, 5.74) is 2.18. The molecule has 2 aromatic heterocycles. The van der Waals surface area contributed by atoms with E-state index in [1.165, 1.54) is 28.0 Å². The fourth-order valence-electron chi connectivity index (χ4n) is 3.71. The molecular formula is C25H18N4O3S2. The van der Waals surface area contributed by atoms with Gasteiger partial charge in [-0.25, -0.2) is 0 Å². The van der Waals surface area contributed by atoms with Gasteiger partial charge in [0.2, 0.25) is 5.13 Å². The SMILES string of the molecule is O=C1C(=O)N(c2nnc(SCc3ccccc3)s2)C(c2cccnc2)/C1=C(/O)c1ccccc1. The Labute approximate surface area is 203 Å². The highest BCUT2D eigenvalue weighted by atomic mass is 32.2. The number of amides is 1. The minimum Gasteiger partial charge on any atom is -0.507 e. The molecule has 1 aliphatic rings. The molecule has 0 radical (unpaired) electrons. The highest BCUT2D eigenvalue weighted by Crippen LogP contribution is 2.43. The van der Waals surface area contributed by atoms with Crippen molar-refractivity contribution in [1.82, 2.24) is 15.2 Å². The number of anilines is 1. The fraction of sp³-hybridized carbons (Fsp3) is 0.0800. The number of benzene rings is 2. The molecule has 1 atom stereocenters. The number of pyridine rings is 1. The van der Waals surface area contributed by atoms with Crippen molar-refractivity contribution in [3.8, 4) is 0 Å². The number of carbonyl (C=O) groups excluding carboxylic acids is 2. The van der Waals surface area contributed by atoms with E-state index in [4.69, 9.17) is 0 Å². The first-order chi connectivity index (χ1) is 16.6. The minimum absolute atomic E-state index is 0.00195. The van der Waals surface area contributed by atoms with Gasteiger partial charge in [-0.05, 0) is 17.2 Å². The number of aliphatic hydroxyl groups excluding tert-OH is 1. The van der Waals surface area contributed by atoms with Crippen molar-refractivity contribution < 1.29 is 14.7 Å².